The van der Waals surface area contributed by atoms with Crippen molar-refractivity contribution in [3.05, 3.63) is 36.1 Å². The molecule has 0 aliphatic heterocycles. The van der Waals surface area contributed by atoms with Crippen molar-refractivity contribution >= 4 is 22.7 Å². The number of carbonyl (C=O) groups is 1. The number of fused-ring (bicyclic) bond motifs is 1. The van der Waals surface area contributed by atoms with Gasteiger partial charge in [0.05, 0.1) is 12.1 Å². The van der Waals surface area contributed by atoms with Crippen molar-refractivity contribution < 1.29 is 13.9 Å². The van der Waals surface area contributed by atoms with Gasteiger partial charge in [0.2, 0.25) is 5.76 Å². The van der Waals surface area contributed by atoms with E-state index in [1.807, 2.05) is 18.2 Å². The lowest BCUT2D eigenvalue weighted by atomic mass is 10.1. The molecule has 0 radical (unpaired) electrons. The lowest BCUT2D eigenvalue weighted by Gasteiger charge is -1.99. The highest BCUT2D eigenvalue weighted by atomic mass is 16.5. The van der Waals surface area contributed by atoms with E-state index in [4.69, 9.17) is 14.9 Å². The van der Waals surface area contributed by atoms with E-state index in [-0.39, 0.29) is 5.76 Å². The fraction of sp³-hybridized carbons (Fsp3) is 0.143. The maximum atomic E-state index is 11.6. The molecule has 2 aromatic heterocycles. The molecule has 3 rings (SSSR count). The number of H-pyrrole nitrogens is 1. The van der Waals surface area contributed by atoms with Gasteiger partial charge < -0.3 is 14.9 Å². The largest absolute Gasteiger partial charge is 0.460 e. The van der Waals surface area contributed by atoms with Gasteiger partial charge in [0.1, 0.15) is 5.76 Å². The van der Waals surface area contributed by atoms with E-state index < -0.39 is 5.97 Å². The van der Waals surface area contributed by atoms with Crippen molar-refractivity contribution in [1.82, 2.24) is 10.2 Å². The zero-order valence-electron chi connectivity index (χ0n) is 10.8. The van der Waals surface area contributed by atoms with E-state index in [0.717, 1.165) is 16.5 Å². The molecule has 1 aromatic carbocycles. The summed E-state index contributed by atoms with van der Waals surface area (Å²) >= 11 is 0. The third-order valence-corrected chi connectivity index (χ3v) is 2.96. The number of benzene rings is 1. The van der Waals surface area contributed by atoms with E-state index in [2.05, 4.69) is 10.2 Å². The van der Waals surface area contributed by atoms with E-state index in [1.165, 1.54) is 0 Å². The fourth-order valence-electron chi connectivity index (χ4n) is 1.99. The molecule has 6 heteroatoms. The zero-order valence-corrected chi connectivity index (χ0v) is 10.8. The van der Waals surface area contributed by atoms with Gasteiger partial charge in [0.15, 0.2) is 5.82 Å². The molecule has 0 saturated heterocycles. The van der Waals surface area contributed by atoms with Crippen LogP contribution in [0, 0.1) is 0 Å². The van der Waals surface area contributed by atoms with Crippen LogP contribution in [-0.4, -0.2) is 22.8 Å². The molecule has 3 N–H and O–H groups in total. The first-order valence-electron chi connectivity index (χ1n) is 6.20. The molecule has 0 aliphatic carbocycles. The van der Waals surface area contributed by atoms with Crippen LogP contribution in [0.5, 0.6) is 0 Å². The molecule has 0 saturated carbocycles. The average molecular weight is 271 g/mol. The van der Waals surface area contributed by atoms with Crippen LogP contribution in [0.2, 0.25) is 0 Å². The van der Waals surface area contributed by atoms with Gasteiger partial charge in [-0.25, -0.2) is 4.79 Å². The minimum Gasteiger partial charge on any atom is -0.460 e. The molecule has 0 amide bonds. The minimum atomic E-state index is -0.470. The molecular formula is C14H13N3O3. The fourth-order valence-corrected chi connectivity index (χ4v) is 1.99. The van der Waals surface area contributed by atoms with Crippen molar-refractivity contribution in [2.24, 2.45) is 0 Å². The Balaban J connectivity index is 1.98. The van der Waals surface area contributed by atoms with Crippen molar-refractivity contribution in [1.29, 1.82) is 0 Å². The molecule has 0 unspecified atom stereocenters. The first-order chi connectivity index (χ1) is 9.69. The standard InChI is InChI=1S/C14H13N3O3/c1-2-19-14(18)12-6-5-11(20-12)8-3-4-10-9(7-8)13(15)17-16-10/h3-7H,2H2,1H3,(H3,15,16,17). The van der Waals surface area contributed by atoms with Gasteiger partial charge in [0, 0.05) is 10.9 Å². The molecule has 0 spiro atoms. The number of esters is 1. The van der Waals surface area contributed by atoms with Crippen molar-refractivity contribution in [3.63, 3.8) is 0 Å². The molecule has 102 valence electrons. The van der Waals surface area contributed by atoms with Crippen LogP contribution in [0.1, 0.15) is 17.5 Å². The highest BCUT2D eigenvalue weighted by Gasteiger charge is 2.13. The van der Waals surface area contributed by atoms with Gasteiger partial charge in [-0.3, -0.25) is 5.10 Å². The smallest absolute Gasteiger partial charge is 0.374 e. The van der Waals surface area contributed by atoms with Crippen molar-refractivity contribution in [2.45, 2.75) is 6.92 Å². The third kappa shape index (κ3) is 2.01. The van der Waals surface area contributed by atoms with Crippen molar-refractivity contribution in [2.75, 3.05) is 12.3 Å². The number of aromatic nitrogens is 2. The average Bonchev–Trinajstić information content (AvgIpc) is 3.06. The summed E-state index contributed by atoms with van der Waals surface area (Å²) in [7, 11) is 0. The quantitative estimate of drug-likeness (QED) is 0.714. The molecular weight excluding hydrogens is 258 g/mol. The zero-order chi connectivity index (χ0) is 14.1. The monoisotopic (exact) mass is 271 g/mol. The Hall–Kier alpha value is -2.76. The van der Waals surface area contributed by atoms with Crippen LogP contribution in [0.4, 0.5) is 5.82 Å². The van der Waals surface area contributed by atoms with E-state index in [9.17, 15) is 4.79 Å². The normalized spacial score (nSPS) is 10.8. The Morgan fingerprint density at radius 2 is 2.25 bits per heavy atom. The summed E-state index contributed by atoms with van der Waals surface area (Å²) in [6.07, 6.45) is 0. The van der Waals surface area contributed by atoms with Gasteiger partial charge in [0.25, 0.3) is 0 Å². The molecule has 0 fully saturated rings. The Morgan fingerprint density at radius 1 is 1.40 bits per heavy atom. The number of nitrogens with one attached hydrogen (secondary N) is 1. The number of nitrogens with zero attached hydrogens (tertiary/aromatic N) is 1. The molecule has 20 heavy (non-hydrogen) atoms. The lowest BCUT2D eigenvalue weighted by molar-refractivity contribution is 0.0491. The number of nitrogen functional groups attached to an aromatic ring is 1. The second-order valence-electron chi connectivity index (χ2n) is 4.25. The molecule has 0 bridgehead atoms. The third-order valence-electron chi connectivity index (χ3n) is 2.96. The van der Waals surface area contributed by atoms with Crippen LogP contribution in [0.15, 0.2) is 34.7 Å². The minimum absolute atomic E-state index is 0.183. The van der Waals surface area contributed by atoms with Crippen LogP contribution in [0.25, 0.3) is 22.2 Å². The first-order valence-corrected chi connectivity index (χ1v) is 6.20. The Labute approximate surface area is 114 Å². The SMILES string of the molecule is CCOC(=O)c1ccc(-c2ccc3[nH]nc(N)c3c2)o1. The maximum Gasteiger partial charge on any atom is 0.374 e. The topological polar surface area (TPSA) is 94.1 Å². The summed E-state index contributed by atoms with van der Waals surface area (Å²) in [5.74, 6) is 0.722. The van der Waals surface area contributed by atoms with Crippen LogP contribution in [0.3, 0.4) is 0 Å². The number of furan rings is 1. The van der Waals surface area contributed by atoms with Gasteiger partial charge in [-0.2, -0.15) is 5.10 Å². The maximum absolute atomic E-state index is 11.6. The highest BCUT2D eigenvalue weighted by molar-refractivity contribution is 5.92. The van der Waals surface area contributed by atoms with E-state index in [0.29, 0.717) is 18.2 Å². The second-order valence-corrected chi connectivity index (χ2v) is 4.25. The molecule has 0 atom stereocenters. The number of anilines is 1. The predicted molar refractivity (Wildman–Crippen MR) is 74.2 cm³/mol. The van der Waals surface area contributed by atoms with E-state index in [1.54, 1.807) is 19.1 Å². The Kier molecular flexibility index (Phi) is 2.90. The van der Waals surface area contributed by atoms with Gasteiger partial charge >= 0.3 is 5.97 Å². The van der Waals surface area contributed by atoms with Gasteiger partial charge in [-0.1, -0.05) is 0 Å². The number of carbonyl (C=O) groups excluding carboxylic acids is 1. The molecule has 0 aliphatic rings. The predicted octanol–water partition coefficient (Wildman–Crippen LogP) is 2.58. The van der Waals surface area contributed by atoms with Crippen LogP contribution in [-0.2, 0) is 4.74 Å². The lowest BCUT2D eigenvalue weighted by Crippen LogP contribution is -2.02. The number of nitrogens with two attached hydrogens (primary N) is 1. The Bertz CT molecular complexity index is 773. The summed E-state index contributed by atoms with van der Waals surface area (Å²) in [5.41, 5.74) is 7.44. The molecule has 6 nitrogen and oxygen atoms in total. The number of hydrogen-bond donors (Lipinski definition) is 2. The van der Waals surface area contributed by atoms with Gasteiger partial charge in [-0.05, 0) is 37.3 Å². The van der Waals surface area contributed by atoms with Crippen LogP contribution < -0.4 is 5.73 Å². The Morgan fingerprint density at radius 3 is 3.05 bits per heavy atom. The summed E-state index contributed by atoms with van der Waals surface area (Å²) in [6, 6.07) is 8.91. The van der Waals surface area contributed by atoms with Crippen molar-refractivity contribution in [3.8, 4) is 11.3 Å². The van der Waals surface area contributed by atoms with E-state index >= 15 is 0 Å². The molecule has 3 aromatic rings. The molecule has 2 heterocycles. The van der Waals surface area contributed by atoms with Crippen LogP contribution >= 0.6 is 0 Å². The number of ether oxygens (including phenoxy) is 1. The number of hydrogen-bond acceptors (Lipinski definition) is 5. The summed E-state index contributed by atoms with van der Waals surface area (Å²) in [6.45, 7) is 2.06. The summed E-state index contributed by atoms with van der Waals surface area (Å²) in [4.78, 5) is 11.6. The summed E-state index contributed by atoms with van der Waals surface area (Å²) < 4.78 is 10.4. The first kappa shape index (κ1) is 12.3. The highest BCUT2D eigenvalue weighted by Crippen LogP contribution is 2.27. The summed E-state index contributed by atoms with van der Waals surface area (Å²) in [5, 5.41) is 7.58. The second kappa shape index (κ2) is 4.73. The number of rotatable bonds is 3. The number of aromatic amines is 1. The van der Waals surface area contributed by atoms with Gasteiger partial charge in [-0.15, -0.1) is 0 Å².